The molecule has 1 rings (SSSR count). The first-order valence-electron chi connectivity index (χ1n) is 19.6. The Bertz CT molecular complexity index is 647. The fraction of sp³-hybridized carbons (Fsp3) is 0.810. The van der Waals surface area contributed by atoms with Crippen LogP contribution in [0, 0.1) is 0 Å². The van der Waals surface area contributed by atoms with Gasteiger partial charge in [-0.25, -0.2) is 4.89 Å². The van der Waals surface area contributed by atoms with Gasteiger partial charge in [0.1, 0.15) is 6.79 Å². The third-order valence-electron chi connectivity index (χ3n) is 7.86. The fourth-order valence-corrected chi connectivity index (χ4v) is 4.97. The average Bonchev–Trinajstić information content (AvgIpc) is 3.62. The molecule has 0 radical (unpaired) electrons. The van der Waals surface area contributed by atoms with Crippen LogP contribution in [0.5, 0.6) is 0 Å². The largest absolute Gasteiger partial charge is 0.396 e. The molecule has 0 aromatic carbocycles. The molecule has 0 aromatic rings. The molecule has 49 heavy (non-hydrogen) atoms. The molecular formula is C42H85NO6. The minimum absolute atomic E-state index is 0. The van der Waals surface area contributed by atoms with E-state index in [0.717, 1.165) is 32.4 Å². The van der Waals surface area contributed by atoms with E-state index < -0.39 is 6.79 Å². The van der Waals surface area contributed by atoms with Crippen molar-refractivity contribution < 1.29 is 30.2 Å². The van der Waals surface area contributed by atoms with Crippen LogP contribution < -0.4 is 0 Å². The van der Waals surface area contributed by atoms with Crippen LogP contribution in [0.15, 0.2) is 48.6 Å². The summed E-state index contributed by atoms with van der Waals surface area (Å²) < 4.78 is 5.04. The zero-order valence-corrected chi connectivity index (χ0v) is 31.9. The maximum atomic E-state index is 8.63. The van der Waals surface area contributed by atoms with Crippen molar-refractivity contribution in [3.05, 3.63) is 48.6 Å². The Morgan fingerprint density at radius 1 is 0.531 bits per heavy atom. The van der Waals surface area contributed by atoms with Gasteiger partial charge in [0.2, 0.25) is 0 Å². The molecule has 0 amide bonds. The number of likely N-dealkylation sites (tertiary alicyclic amines) is 1. The van der Waals surface area contributed by atoms with Crippen molar-refractivity contribution in [1.82, 2.24) is 4.90 Å². The number of nitrogens with zero attached hydrogens (tertiary/aromatic N) is 1. The molecule has 7 nitrogen and oxygen atoms in total. The molecule has 0 atom stereocenters. The number of methoxy groups -OCH3 is 1. The molecule has 0 saturated carbocycles. The van der Waals surface area contributed by atoms with Crippen LogP contribution in [-0.4, -0.2) is 78.8 Å². The lowest BCUT2D eigenvalue weighted by atomic mass is 10.1. The average molecular weight is 700 g/mol. The smallest absolute Gasteiger partial charge is 0.140 e. The summed E-state index contributed by atoms with van der Waals surface area (Å²) in [7, 11) is 1.78. The highest BCUT2D eigenvalue weighted by molar-refractivity contribution is 4.93. The molecule has 0 aliphatic carbocycles. The first kappa shape index (κ1) is 54.5. The maximum absolute atomic E-state index is 8.63. The Balaban J connectivity index is -0.000000308. The van der Waals surface area contributed by atoms with Crippen molar-refractivity contribution in [1.29, 1.82) is 0 Å². The first-order chi connectivity index (χ1) is 23.7. The monoisotopic (exact) mass is 700 g/mol. The minimum atomic E-state index is -0.750. The second-order valence-electron chi connectivity index (χ2n) is 12.3. The molecule has 0 aromatic heterocycles. The van der Waals surface area contributed by atoms with E-state index in [9.17, 15) is 0 Å². The van der Waals surface area contributed by atoms with Crippen LogP contribution in [0.4, 0.5) is 0 Å². The zero-order valence-electron chi connectivity index (χ0n) is 31.9. The molecule has 0 bridgehead atoms. The molecule has 294 valence electrons. The Labute approximate surface area is 305 Å². The molecule has 1 heterocycles. The summed E-state index contributed by atoms with van der Waals surface area (Å²) in [6.45, 7) is 8.66. The van der Waals surface area contributed by atoms with Gasteiger partial charge in [-0.2, -0.15) is 0 Å². The first-order valence-corrected chi connectivity index (χ1v) is 19.6. The van der Waals surface area contributed by atoms with Gasteiger partial charge in [0.15, 0.2) is 0 Å². The van der Waals surface area contributed by atoms with Crippen LogP contribution >= 0.6 is 0 Å². The van der Waals surface area contributed by atoms with Crippen molar-refractivity contribution in [2.45, 2.75) is 169 Å². The summed E-state index contributed by atoms with van der Waals surface area (Å²) in [5.74, 6) is 0. The van der Waals surface area contributed by atoms with E-state index in [4.69, 9.17) is 25.3 Å². The van der Waals surface area contributed by atoms with Gasteiger partial charge >= 0.3 is 0 Å². The van der Waals surface area contributed by atoms with Crippen molar-refractivity contribution in [3.8, 4) is 0 Å². The number of hydrogen-bond donors (Lipinski definition) is 4. The molecule has 1 aliphatic heterocycles. The van der Waals surface area contributed by atoms with E-state index in [1.54, 1.807) is 7.11 Å². The number of unbranched alkanes of at least 4 members (excludes halogenated alkanes) is 15. The highest BCUT2D eigenvalue weighted by Gasteiger charge is 2.09. The molecule has 0 unspecified atom stereocenters. The highest BCUT2D eigenvalue weighted by atomic mass is 17.1. The summed E-state index contributed by atoms with van der Waals surface area (Å²) in [5, 5.41) is 30.9. The van der Waals surface area contributed by atoms with Gasteiger partial charge in [0, 0.05) is 26.9 Å². The van der Waals surface area contributed by atoms with Crippen LogP contribution in [0.1, 0.15) is 169 Å². The lowest BCUT2D eigenvalue weighted by molar-refractivity contribution is -0.243. The topological polar surface area (TPSA) is 103 Å². The standard InChI is InChI=1S/C18H34O.C16H30O.C6H13NO2.CH4O2.CH4/c1-3-4-5-6-7-8-9-10-11-12-13-14-15-16-17-18-19-2;1-2-3-4-5-6-7-8-9-10-11-12-13-14-15-16-17;8-9-6-5-7-3-1-2-4-7;2-1-3;/h7-8,10-11H,3-6,9,12-18H2,1-2H3;5-6,8-9,17H,2-4,7,10-16H2,1H3;8H,1-6H2;2-3H,1H2;1H4/b8-7-,11-10-;6-5-,9-8-;;;. The lowest BCUT2D eigenvalue weighted by Crippen LogP contribution is -2.23. The summed E-state index contributed by atoms with van der Waals surface area (Å²) in [4.78, 5) is 6.25. The normalized spacial score (nSPS) is 13.0. The second kappa shape index (κ2) is 56.1. The number of hydrogen-bond acceptors (Lipinski definition) is 7. The zero-order chi connectivity index (χ0) is 35.9. The van der Waals surface area contributed by atoms with Crippen molar-refractivity contribution >= 4 is 0 Å². The Morgan fingerprint density at radius 3 is 1.37 bits per heavy atom. The molecule has 0 spiro atoms. The molecule has 7 heteroatoms. The number of aliphatic hydroxyl groups is 3. The van der Waals surface area contributed by atoms with Gasteiger partial charge in [-0.15, -0.1) is 0 Å². The van der Waals surface area contributed by atoms with Gasteiger partial charge in [-0.3, -0.25) is 5.26 Å². The minimum Gasteiger partial charge on any atom is -0.396 e. The van der Waals surface area contributed by atoms with E-state index in [1.807, 2.05) is 0 Å². The van der Waals surface area contributed by atoms with Gasteiger partial charge < -0.3 is 25.0 Å². The summed E-state index contributed by atoms with van der Waals surface area (Å²) in [5.41, 5.74) is 0. The summed E-state index contributed by atoms with van der Waals surface area (Å²) in [6, 6.07) is 0. The quantitative estimate of drug-likeness (QED) is 0.0203. The predicted octanol–water partition coefficient (Wildman–Crippen LogP) is 11.2. The van der Waals surface area contributed by atoms with Crippen molar-refractivity contribution in [3.63, 3.8) is 0 Å². The molecule has 1 fully saturated rings. The van der Waals surface area contributed by atoms with Gasteiger partial charge in [-0.1, -0.05) is 134 Å². The Kier molecular flexibility index (Phi) is 62.3. The molecule has 1 saturated heterocycles. The van der Waals surface area contributed by atoms with E-state index in [1.165, 1.54) is 142 Å². The SMILES string of the molecule is C.CCCC/C=C\C/C=C\CCCCCCCO.CCCCC/C=C\C/C=C\CCCCCCCOC.OCO.OOCCN1CCCC1. The van der Waals surface area contributed by atoms with Crippen LogP contribution in [0.3, 0.4) is 0 Å². The van der Waals surface area contributed by atoms with Crippen molar-refractivity contribution in [2.24, 2.45) is 0 Å². The predicted molar refractivity (Wildman–Crippen MR) is 214 cm³/mol. The van der Waals surface area contributed by atoms with Crippen molar-refractivity contribution in [2.75, 3.05) is 53.4 Å². The Hall–Kier alpha value is -1.32. The second-order valence-corrected chi connectivity index (χ2v) is 12.3. The van der Waals surface area contributed by atoms with Crippen LogP contribution in [0.2, 0.25) is 0 Å². The van der Waals surface area contributed by atoms with Gasteiger partial charge in [0.25, 0.3) is 0 Å². The maximum Gasteiger partial charge on any atom is 0.140 e. The number of aliphatic hydroxyl groups excluding tert-OH is 2. The van der Waals surface area contributed by atoms with E-state index in [2.05, 4.69) is 72.2 Å². The number of allylic oxidation sites excluding steroid dienone is 8. The third kappa shape index (κ3) is 59.2. The molecule has 4 N–H and O–H groups in total. The van der Waals surface area contributed by atoms with E-state index in [0.29, 0.717) is 13.2 Å². The summed E-state index contributed by atoms with van der Waals surface area (Å²) >= 11 is 0. The number of rotatable bonds is 29. The van der Waals surface area contributed by atoms with E-state index >= 15 is 0 Å². The number of ether oxygens (including phenoxy) is 1. The van der Waals surface area contributed by atoms with Gasteiger partial charge in [-0.05, 0) is 96.6 Å². The highest BCUT2D eigenvalue weighted by Crippen LogP contribution is 2.08. The van der Waals surface area contributed by atoms with Crippen LogP contribution in [-0.2, 0) is 9.62 Å². The van der Waals surface area contributed by atoms with Gasteiger partial charge in [0.05, 0.1) is 6.61 Å². The molecular weight excluding hydrogens is 614 g/mol. The fourth-order valence-electron chi connectivity index (χ4n) is 4.97. The van der Waals surface area contributed by atoms with Crippen LogP contribution in [0.25, 0.3) is 0 Å². The molecule has 1 aliphatic rings. The lowest BCUT2D eigenvalue weighted by Gasteiger charge is -2.11. The Morgan fingerprint density at radius 2 is 0.939 bits per heavy atom. The van der Waals surface area contributed by atoms with E-state index in [-0.39, 0.29) is 7.43 Å². The summed E-state index contributed by atoms with van der Waals surface area (Å²) in [6.07, 6.45) is 47.4. The third-order valence-corrected chi connectivity index (χ3v) is 7.86.